The molecule has 0 amide bonds. The van der Waals surface area contributed by atoms with E-state index in [1.54, 1.807) is 0 Å². The highest BCUT2D eigenvalue weighted by Crippen LogP contribution is 2.22. The lowest BCUT2D eigenvalue weighted by Gasteiger charge is -2.05. The molecular formula is C12H13BrN2S. The van der Waals surface area contributed by atoms with Gasteiger partial charge in [-0.25, -0.2) is 0 Å². The summed E-state index contributed by atoms with van der Waals surface area (Å²) in [6.45, 7) is 0. The SMILES string of the molecule is Br.N=C(N)SCc1cccc2ccccc12. The molecular weight excluding hydrogens is 284 g/mol. The van der Waals surface area contributed by atoms with Crippen molar-refractivity contribution in [1.82, 2.24) is 0 Å². The fraction of sp³-hybridized carbons (Fsp3) is 0.0833. The fourth-order valence-electron chi connectivity index (χ4n) is 1.57. The van der Waals surface area contributed by atoms with Gasteiger partial charge in [0.15, 0.2) is 5.17 Å². The van der Waals surface area contributed by atoms with Crippen LogP contribution in [-0.4, -0.2) is 5.17 Å². The van der Waals surface area contributed by atoms with Crippen molar-refractivity contribution in [2.45, 2.75) is 5.75 Å². The summed E-state index contributed by atoms with van der Waals surface area (Å²) in [6.07, 6.45) is 0. The van der Waals surface area contributed by atoms with Crippen molar-refractivity contribution >= 4 is 44.7 Å². The van der Waals surface area contributed by atoms with Crippen LogP contribution in [0, 0.1) is 5.41 Å². The van der Waals surface area contributed by atoms with Gasteiger partial charge in [0.2, 0.25) is 0 Å². The largest absolute Gasteiger partial charge is 0.379 e. The number of rotatable bonds is 2. The van der Waals surface area contributed by atoms with Gasteiger partial charge in [0.1, 0.15) is 0 Å². The van der Waals surface area contributed by atoms with Crippen LogP contribution in [0.4, 0.5) is 0 Å². The van der Waals surface area contributed by atoms with Crippen molar-refractivity contribution in [1.29, 1.82) is 5.41 Å². The first kappa shape index (κ1) is 13.1. The van der Waals surface area contributed by atoms with Crippen LogP contribution >= 0.6 is 28.7 Å². The third-order valence-electron chi connectivity index (χ3n) is 2.26. The van der Waals surface area contributed by atoms with Gasteiger partial charge in [0, 0.05) is 5.75 Å². The maximum absolute atomic E-state index is 7.19. The maximum atomic E-state index is 7.19. The molecule has 0 fully saturated rings. The van der Waals surface area contributed by atoms with Crippen molar-refractivity contribution in [3.8, 4) is 0 Å². The number of halogens is 1. The molecule has 0 heterocycles. The predicted octanol–water partition coefficient (Wildman–Crippen LogP) is 3.54. The van der Waals surface area contributed by atoms with Crippen LogP contribution in [0.25, 0.3) is 10.8 Å². The van der Waals surface area contributed by atoms with Gasteiger partial charge in [-0.05, 0) is 16.3 Å². The van der Waals surface area contributed by atoms with Crippen LogP contribution in [0.2, 0.25) is 0 Å². The standard InChI is InChI=1S/C12H12N2S.BrH/c13-12(14)15-8-10-6-3-5-9-4-1-2-7-11(9)10;/h1-7H,8H2,(H3,13,14);1H. The summed E-state index contributed by atoms with van der Waals surface area (Å²) < 4.78 is 0. The first-order valence-electron chi connectivity index (χ1n) is 4.71. The zero-order valence-electron chi connectivity index (χ0n) is 8.64. The van der Waals surface area contributed by atoms with Crippen molar-refractivity contribution in [3.05, 3.63) is 48.0 Å². The van der Waals surface area contributed by atoms with Crippen LogP contribution in [0.1, 0.15) is 5.56 Å². The molecule has 0 saturated heterocycles. The molecule has 2 aromatic rings. The third-order valence-corrected chi connectivity index (χ3v) is 3.03. The second-order valence-electron chi connectivity index (χ2n) is 3.29. The Morgan fingerprint density at radius 3 is 2.56 bits per heavy atom. The molecule has 16 heavy (non-hydrogen) atoms. The molecule has 84 valence electrons. The molecule has 0 atom stereocenters. The van der Waals surface area contributed by atoms with E-state index in [0.29, 0.717) is 0 Å². The van der Waals surface area contributed by atoms with E-state index in [1.165, 1.54) is 28.1 Å². The predicted molar refractivity (Wildman–Crippen MR) is 77.5 cm³/mol. The van der Waals surface area contributed by atoms with E-state index in [2.05, 4.69) is 24.3 Å². The highest BCUT2D eigenvalue weighted by atomic mass is 79.9. The molecule has 0 aliphatic rings. The van der Waals surface area contributed by atoms with Gasteiger partial charge >= 0.3 is 0 Å². The van der Waals surface area contributed by atoms with Crippen LogP contribution in [0.15, 0.2) is 42.5 Å². The summed E-state index contributed by atoms with van der Waals surface area (Å²) in [5.41, 5.74) is 6.56. The van der Waals surface area contributed by atoms with E-state index in [1.807, 2.05) is 18.2 Å². The first-order chi connectivity index (χ1) is 7.27. The summed E-state index contributed by atoms with van der Waals surface area (Å²) in [5.74, 6) is 0.761. The van der Waals surface area contributed by atoms with E-state index < -0.39 is 0 Å². The first-order valence-corrected chi connectivity index (χ1v) is 5.69. The van der Waals surface area contributed by atoms with Crippen LogP contribution in [0.5, 0.6) is 0 Å². The van der Waals surface area contributed by atoms with E-state index in [0.717, 1.165) is 5.75 Å². The number of nitrogens with two attached hydrogens (primary N) is 1. The molecule has 0 saturated carbocycles. The van der Waals surface area contributed by atoms with E-state index >= 15 is 0 Å². The van der Waals surface area contributed by atoms with Crippen molar-refractivity contribution in [3.63, 3.8) is 0 Å². The Morgan fingerprint density at radius 2 is 1.81 bits per heavy atom. The van der Waals surface area contributed by atoms with Gasteiger partial charge in [-0.1, -0.05) is 54.2 Å². The van der Waals surface area contributed by atoms with Crippen LogP contribution in [-0.2, 0) is 5.75 Å². The lowest BCUT2D eigenvalue weighted by molar-refractivity contribution is 1.46. The van der Waals surface area contributed by atoms with Crippen LogP contribution < -0.4 is 5.73 Å². The fourth-order valence-corrected chi connectivity index (χ4v) is 2.14. The molecule has 2 rings (SSSR count). The average Bonchev–Trinajstić information content (AvgIpc) is 2.26. The Labute approximate surface area is 110 Å². The molecule has 0 radical (unpaired) electrons. The molecule has 0 aliphatic carbocycles. The number of hydrogen-bond donors (Lipinski definition) is 2. The lowest BCUT2D eigenvalue weighted by Crippen LogP contribution is -2.03. The molecule has 0 spiro atoms. The summed E-state index contributed by atoms with van der Waals surface area (Å²) in [4.78, 5) is 0. The monoisotopic (exact) mass is 296 g/mol. The normalized spacial score (nSPS) is 9.75. The molecule has 2 aromatic carbocycles. The number of hydrogen-bond acceptors (Lipinski definition) is 2. The van der Waals surface area contributed by atoms with Gasteiger partial charge in [-0.2, -0.15) is 0 Å². The van der Waals surface area contributed by atoms with Crippen LogP contribution in [0.3, 0.4) is 0 Å². The maximum Gasteiger partial charge on any atom is 0.151 e. The lowest BCUT2D eigenvalue weighted by atomic mass is 10.1. The zero-order valence-corrected chi connectivity index (χ0v) is 11.2. The summed E-state index contributed by atoms with van der Waals surface area (Å²) >= 11 is 1.36. The minimum absolute atomic E-state index is 0. The second-order valence-corrected chi connectivity index (χ2v) is 4.31. The smallest absolute Gasteiger partial charge is 0.151 e. The molecule has 4 heteroatoms. The number of nitrogens with one attached hydrogen (secondary N) is 1. The van der Waals surface area contributed by atoms with Crippen molar-refractivity contribution in [2.75, 3.05) is 0 Å². The highest BCUT2D eigenvalue weighted by molar-refractivity contribution is 8.93. The Hall–Kier alpha value is -1.00. The quantitative estimate of drug-likeness (QED) is 0.658. The molecule has 0 aromatic heterocycles. The Morgan fingerprint density at radius 1 is 1.12 bits per heavy atom. The van der Waals surface area contributed by atoms with E-state index in [-0.39, 0.29) is 22.1 Å². The van der Waals surface area contributed by atoms with E-state index in [4.69, 9.17) is 11.1 Å². The van der Waals surface area contributed by atoms with Gasteiger partial charge in [0.05, 0.1) is 0 Å². The topological polar surface area (TPSA) is 49.9 Å². The summed E-state index contributed by atoms with van der Waals surface area (Å²) in [7, 11) is 0. The number of amidine groups is 1. The summed E-state index contributed by atoms with van der Waals surface area (Å²) in [5, 5.41) is 9.84. The molecule has 2 nitrogen and oxygen atoms in total. The third kappa shape index (κ3) is 3.00. The second kappa shape index (κ2) is 5.92. The minimum atomic E-state index is 0. The molecule has 3 N–H and O–H groups in total. The minimum Gasteiger partial charge on any atom is -0.379 e. The highest BCUT2D eigenvalue weighted by Gasteiger charge is 2.00. The Balaban J connectivity index is 0.00000128. The average molecular weight is 297 g/mol. The number of thioether (sulfide) groups is 1. The van der Waals surface area contributed by atoms with Gasteiger partial charge in [0.25, 0.3) is 0 Å². The van der Waals surface area contributed by atoms with Gasteiger partial charge < -0.3 is 5.73 Å². The number of fused-ring (bicyclic) bond motifs is 1. The van der Waals surface area contributed by atoms with Crippen molar-refractivity contribution < 1.29 is 0 Å². The van der Waals surface area contributed by atoms with Gasteiger partial charge in [-0.15, -0.1) is 17.0 Å². The zero-order chi connectivity index (χ0) is 10.7. The molecule has 0 bridgehead atoms. The molecule has 0 aliphatic heterocycles. The Kier molecular flexibility index (Phi) is 4.83. The Bertz CT molecular complexity index is 494. The summed E-state index contributed by atoms with van der Waals surface area (Å²) in [6, 6.07) is 14.5. The number of benzene rings is 2. The van der Waals surface area contributed by atoms with Crippen molar-refractivity contribution in [2.24, 2.45) is 5.73 Å². The van der Waals surface area contributed by atoms with E-state index in [9.17, 15) is 0 Å². The molecule has 0 unspecified atom stereocenters. The van der Waals surface area contributed by atoms with Gasteiger partial charge in [-0.3, -0.25) is 5.41 Å².